The van der Waals surface area contributed by atoms with E-state index >= 15 is 0 Å². The Hall–Kier alpha value is -1.90. The van der Waals surface area contributed by atoms with Crippen molar-refractivity contribution < 1.29 is 19.4 Å². The molecule has 1 fully saturated rings. The summed E-state index contributed by atoms with van der Waals surface area (Å²) in [5.41, 5.74) is 2.58. The van der Waals surface area contributed by atoms with Gasteiger partial charge in [0, 0.05) is 11.5 Å². The summed E-state index contributed by atoms with van der Waals surface area (Å²) in [5, 5.41) is 9.69. The maximum Gasteiger partial charge on any atom is 0.335 e. The number of aliphatic imine (C=N–C) groups is 1. The third kappa shape index (κ3) is 6.46. The van der Waals surface area contributed by atoms with Crippen LogP contribution in [0.3, 0.4) is 0 Å². The molecule has 3 aromatic carbocycles. The third-order valence-corrected chi connectivity index (χ3v) is 8.13. The van der Waals surface area contributed by atoms with Crippen molar-refractivity contribution in [3.63, 3.8) is 0 Å². The maximum atomic E-state index is 12.8. The number of carbonyl (C=O) groups excluding carboxylic acids is 1. The van der Waals surface area contributed by atoms with E-state index < -0.39 is 5.97 Å². The highest BCUT2D eigenvalue weighted by atomic mass is 127. The van der Waals surface area contributed by atoms with Crippen LogP contribution in [0.5, 0.6) is 5.75 Å². The molecule has 3 aromatic rings. The first-order valence-corrected chi connectivity index (χ1v) is 13.9. The fourth-order valence-electron chi connectivity index (χ4n) is 3.16. The average molecular weight is 775 g/mol. The molecule has 1 saturated heterocycles. The minimum Gasteiger partial charge on any atom is -0.487 e. The number of hydrogen-bond acceptors (Lipinski definition) is 5. The van der Waals surface area contributed by atoms with Gasteiger partial charge in [-0.05, 0) is 117 Å². The topological polar surface area (TPSA) is 79.2 Å². The molecule has 0 radical (unpaired) electrons. The van der Waals surface area contributed by atoms with Gasteiger partial charge in [0.2, 0.25) is 0 Å². The van der Waals surface area contributed by atoms with Crippen molar-refractivity contribution in [3.05, 3.63) is 93.9 Å². The van der Waals surface area contributed by atoms with Gasteiger partial charge in [-0.2, -0.15) is 0 Å². The molecule has 1 N–H and O–H groups in total. The van der Waals surface area contributed by atoms with Crippen LogP contribution in [0.25, 0.3) is 6.08 Å². The second-order valence-corrected chi connectivity index (χ2v) is 11.7. The fourth-order valence-corrected chi connectivity index (χ4v) is 6.54. The zero-order valence-electron chi connectivity index (χ0n) is 18.2. The number of nitrogens with zero attached hydrogens (tertiary/aromatic N) is 2. The zero-order chi connectivity index (χ0) is 25.1. The van der Waals surface area contributed by atoms with E-state index in [1.165, 1.54) is 28.8 Å². The van der Waals surface area contributed by atoms with E-state index in [9.17, 15) is 14.7 Å². The van der Waals surface area contributed by atoms with Gasteiger partial charge in [0.05, 0.1) is 23.3 Å². The molecule has 0 spiro atoms. The van der Waals surface area contributed by atoms with Gasteiger partial charge in [-0.15, -0.1) is 0 Å². The Bertz CT molecular complexity index is 1350. The largest absolute Gasteiger partial charge is 0.487 e. The van der Waals surface area contributed by atoms with Crippen LogP contribution in [-0.4, -0.2) is 34.1 Å². The van der Waals surface area contributed by atoms with Crippen LogP contribution in [0.2, 0.25) is 0 Å². The van der Waals surface area contributed by atoms with Crippen LogP contribution in [-0.2, 0) is 11.4 Å². The van der Waals surface area contributed by atoms with Gasteiger partial charge in [0.25, 0.3) is 5.91 Å². The Morgan fingerprint density at radius 1 is 1.14 bits per heavy atom. The first-order valence-electron chi connectivity index (χ1n) is 10.2. The van der Waals surface area contributed by atoms with E-state index in [1.807, 2.05) is 42.5 Å². The lowest BCUT2D eigenvalue weighted by Gasteiger charge is -2.12. The monoisotopic (exact) mass is 774 g/mol. The Balaban J connectivity index is 1.54. The molecule has 10 heteroatoms. The summed E-state index contributed by atoms with van der Waals surface area (Å²) in [6, 6.07) is 18.3. The quantitative estimate of drug-likeness (QED) is 0.213. The highest BCUT2D eigenvalue weighted by Gasteiger charge is 2.30. The predicted octanol–water partition coefficient (Wildman–Crippen LogP) is 7.17. The number of carboxylic acids is 1. The molecule has 1 aliphatic rings. The van der Waals surface area contributed by atoms with E-state index in [4.69, 9.17) is 4.74 Å². The number of ether oxygens (including phenoxy) is 1. The van der Waals surface area contributed by atoms with Gasteiger partial charge in [0.15, 0.2) is 5.17 Å². The summed E-state index contributed by atoms with van der Waals surface area (Å²) in [4.78, 5) is 30.6. The van der Waals surface area contributed by atoms with E-state index in [0.29, 0.717) is 22.4 Å². The molecular weight excluding hydrogens is 758 g/mol. The van der Waals surface area contributed by atoms with Crippen molar-refractivity contribution in [2.24, 2.45) is 4.99 Å². The molecule has 1 amide bonds. The van der Waals surface area contributed by atoms with Gasteiger partial charge in [-0.25, -0.2) is 9.79 Å². The van der Waals surface area contributed by atoms with Crippen LogP contribution in [0.4, 0.5) is 5.69 Å². The molecule has 0 aromatic heterocycles. The fraction of sp³-hybridized carbons (Fsp3) is 0.0800. The number of aromatic carboxylic acids is 1. The summed E-state index contributed by atoms with van der Waals surface area (Å²) in [6.45, 7) is 0.460. The summed E-state index contributed by atoms with van der Waals surface area (Å²) >= 11 is 9.18. The van der Waals surface area contributed by atoms with Crippen LogP contribution in [0.15, 0.2) is 75.0 Å². The molecule has 0 atom stereocenters. The highest BCUT2D eigenvalue weighted by Crippen LogP contribution is 2.35. The second-order valence-electron chi connectivity index (χ2n) is 7.45. The summed E-state index contributed by atoms with van der Waals surface area (Å²) in [6.07, 6.45) is 1.84. The van der Waals surface area contributed by atoms with Crippen LogP contribution in [0, 0.1) is 7.14 Å². The van der Waals surface area contributed by atoms with Gasteiger partial charge >= 0.3 is 5.97 Å². The third-order valence-electron chi connectivity index (χ3n) is 4.94. The van der Waals surface area contributed by atoms with Crippen molar-refractivity contribution in [2.75, 3.05) is 7.05 Å². The first-order chi connectivity index (χ1) is 16.7. The summed E-state index contributed by atoms with van der Waals surface area (Å²) < 4.78 is 8.99. The summed E-state index contributed by atoms with van der Waals surface area (Å²) in [7, 11) is 1.66. The van der Waals surface area contributed by atoms with E-state index in [1.54, 1.807) is 19.2 Å². The standard InChI is InChI=1S/C25H17BrI2N2O4S/c1-30-23(31)21(35-25(30)29-18-4-2-3-16(12-18)24(32)33)11-15-9-19(27)22(20(28)10-15)34-13-14-5-7-17(26)8-6-14/h2-12H,13H2,1H3,(H,32,33). The number of thioether (sulfide) groups is 1. The normalized spacial score (nSPS) is 15.8. The van der Waals surface area contributed by atoms with Crippen molar-refractivity contribution in [1.29, 1.82) is 0 Å². The lowest BCUT2D eigenvalue weighted by Crippen LogP contribution is -2.23. The average Bonchev–Trinajstić information content (AvgIpc) is 3.07. The lowest BCUT2D eigenvalue weighted by atomic mass is 10.2. The number of benzene rings is 3. The zero-order valence-corrected chi connectivity index (χ0v) is 24.9. The Morgan fingerprint density at radius 2 is 1.83 bits per heavy atom. The van der Waals surface area contributed by atoms with E-state index in [0.717, 1.165) is 28.5 Å². The molecule has 0 aliphatic carbocycles. The Morgan fingerprint density at radius 3 is 2.49 bits per heavy atom. The molecule has 0 saturated carbocycles. The number of likely N-dealkylation sites (N-methyl/N-ethyl adjacent to an activating group) is 1. The number of amides is 1. The van der Waals surface area contributed by atoms with Crippen LogP contribution in [0.1, 0.15) is 21.5 Å². The molecule has 6 nitrogen and oxygen atoms in total. The maximum absolute atomic E-state index is 12.8. The molecule has 4 rings (SSSR count). The number of carboxylic acid groups (broad SMARTS) is 1. The van der Waals surface area contributed by atoms with Crippen molar-refractivity contribution in [3.8, 4) is 5.75 Å². The van der Waals surface area contributed by atoms with Gasteiger partial charge in [-0.3, -0.25) is 9.69 Å². The molecule has 0 unspecified atom stereocenters. The molecule has 0 bridgehead atoms. The Kier molecular flexibility index (Phi) is 8.55. The SMILES string of the molecule is CN1C(=O)C(=Cc2cc(I)c(OCc3ccc(Br)cc3)c(I)c2)SC1=Nc1cccc(C(=O)O)c1. The van der Waals surface area contributed by atoms with Crippen molar-refractivity contribution >= 4 is 102 Å². The smallest absolute Gasteiger partial charge is 0.335 e. The first kappa shape index (κ1) is 26.2. The number of hydrogen-bond donors (Lipinski definition) is 1. The number of carbonyl (C=O) groups is 2. The minimum absolute atomic E-state index is 0.145. The molecule has 1 heterocycles. The van der Waals surface area contributed by atoms with Crippen molar-refractivity contribution in [2.45, 2.75) is 6.61 Å². The van der Waals surface area contributed by atoms with E-state index in [2.05, 4.69) is 66.1 Å². The van der Waals surface area contributed by atoms with Gasteiger partial charge in [0.1, 0.15) is 12.4 Å². The number of amidine groups is 1. The minimum atomic E-state index is -1.02. The van der Waals surface area contributed by atoms with Crippen LogP contribution < -0.4 is 4.74 Å². The van der Waals surface area contributed by atoms with Gasteiger partial charge in [-0.1, -0.05) is 34.1 Å². The summed E-state index contributed by atoms with van der Waals surface area (Å²) in [5.74, 6) is -0.382. The van der Waals surface area contributed by atoms with E-state index in [-0.39, 0.29) is 11.5 Å². The number of halogens is 3. The van der Waals surface area contributed by atoms with Crippen LogP contribution >= 0.6 is 72.9 Å². The molecule has 1 aliphatic heterocycles. The molecule has 178 valence electrons. The second kappa shape index (κ2) is 11.4. The van der Waals surface area contributed by atoms with Gasteiger partial charge < -0.3 is 9.84 Å². The molecular formula is C25H17BrI2N2O4S. The predicted molar refractivity (Wildman–Crippen MR) is 159 cm³/mol. The highest BCUT2D eigenvalue weighted by molar-refractivity contribution is 14.1. The molecule has 35 heavy (non-hydrogen) atoms. The van der Waals surface area contributed by atoms with Crippen molar-refractivity contribution in [1.82, 2.24) is 4.90 Å². The lowest BCUT2D eigenvalue weighted by molar-refractivity contribution is -0.121. The number of rotatable bonds is 6. The Labute approximate surface area is 242 Å².